The molecule has 6 nitrogen and oxygen atoms in total. The number of hydrogen-bond donors (Lipinski definition) is 0. The van der Waals surface area contributed by atoms with Crippen molar-refractivity contribution in [1.29, 1.82) is 0 Å². The van der Waals surface area contributed by atoms with Crippen molar-refractivity contribution in [2.24, 2.45) is 0 Å². The van der Waals surface area contributed by atoms with Crippen molar-refractivity contribution in [3.05, 3.63) is 186 Å². The van der Waals surface area contributed by atoms with Crippen molar-refractivity contribution in [1.82, 2.24) is 23.7 Å². The normalized spacial score (nSPS) is 17.0. The van der Waals surface area contributed by atoms with Gasteiger partial charge in [-0.25, -0.2) is 4.98 Å². The Labute approximate surface area is 393 Å². The number of benzene rings is 6. The van der Waals surface area contributed by atoms with Gasteiger partial charge in [0.25, 0.3) is 11.4 Å². The Morgan fingerprint density at radius 2 is 1.27 bits per heavy atom. The molecule has 0 unspecified atom stereocenters. The van der Waals surface area contributed by atoms with Crippen LogP contribution in [0, 0.1) is 13.7 Å². The summed E-state index contributed by atoms with van der Waals surface area (Å²) in [5, 5.41) is 1.89. The molecule has 0 aliphatic carbocycles. The molecule has 3 aromatic heterocycles. The van der Waals surface area contributed by atoms with Crippen LogP contribution in [0.15, 0.2) is 164 Å². The van der Waals surface area contributed by atoms with E-state index >= 15 is 0 Å². The molecule has 6 heteroatoms. The van der Waals surface area contributed by atoms with E-state index in [2.05, 4.69) is 37.8 Å². The number of para-hydroxylation sites is 3. The zero-order valence-electron chi connectivity index (χ0n) is 52.4. The largest absolute Gasteiger partial charge is 0.503 e. The molecule has 9 aromatic rings. The van der Waals surface area contributed by atoms with Gasteiger partial charge in [-0.05, 0) is 104 Å². The zero-order chi connectivity index (χ0) is 58.2. The van der Waals surface area contributed by atoms with Crippen LogP contribution in [0.5, 0.6) is 11.5 Å². The molecule has 0 N–H and O–H groups in total. The Morgan fingerprint density at radius 1 is 0.619 bits per heavy atom. The summed E-state index contributed by atoms with van der Waals surface area (Å²) in [6.07, 6.45) is 5.33. The van der Waals surface area contributed by atoms with E-state index in [1.807, 2.05) is 67.8 Å². The smallest absolute Gasteiger partial charge is 0.457 e. The van der Waals surface area contributed by atoms with Crippen LogP contribution < -0.4 is 13.9 Å². The van der Waals surface area contributed by atoms with Gasteiger partial charge in [0.2, 0.25) is 11.4 Å². The highest BCUT2D eigenvalue weighted by Crippen LogP contribution is 2.45. The lowest BCUT2D eigenvalue weighted by Gasteiger charge is -2.20. The number of fused-ring (bicyclic) bond motifs is 4. The predicted molar refractivity (Wildman–Crippen MR) is 261 cm³/mol. The van der Waals surface area contributed by atoms with Crippen LogP contribution in [-0.2, 0) is 10.8 Å². The van der Waals surface area contributed by atoms with Crippen molar-refractivity contribution in [3.63, 3.8) is 0 Å². The van der Waals surface area contributed by atoms with Gasteiger partial charge in [0, 0.05) is 55.7 Å². The summed E-state index contributed by atoms with van der Waals surface area (Å²) in [5.41, 5.74) is -0.836. The molecule has 0 fully saturated rings. The van der Waals surface area contributed by atoms with Crippen LogP contribution in [0.3, 0.4) is 0 Å². The number of rotatable bonds is 7. The predicted octanol–water partition coefficient (Wildman–Crippen LogP) is 14.8. The van der Waals surface area contributed by atoms with E-state index in [4.69, 9.17) is 23.4 Å². The molecule has 0 atom stereocenters. The molecule has 1 aliphatic rings. The summed E-state index contributed by atoms with van der Waals surface area (Å²) >= 11 is 0. The van der Waals surface area contributed by atoms with Crippen LogP contribution in [0.1, 0.15) is 87.1 Å². The molecule has 6 aromatic carbocycles. The van der Waals surface area contributed by atoms with E-state index in [-0.39, 0.29) is 11.1 Å². The molecule has 0 amide bonds. The highest BCUT2D eigenvalue weighted by molar-refractivity contribution is 6.09. The number of nitrogens with zero attached hydrogens (tertiary/aromatic N) is 5. The fraction of sp³-hybridized carbons (Fsp3) is 0.175. The molecular weight excluding hydrogens is 771 g/mol. The maximum Gasteiger partial charge on any atom is 0.503 e. The molecule has 0 saturated heterocycles. The minimum Gasteiger partial charge on any atom is -0.457 e. The number of hydrogen-bond acceptors (Lipinski definition) is 3. The van der Waals surface area contributed by atoms with Crippen molar-refractivity contribution >= 4 is 50.6 Å². The molecule has 0 saturated carbocycles. The molecule has 0 bridgehead atoms. The lowest BCUT2D eigenvalue weighted by atomic mass is 9.86. The fourth-order valence-electron chi connectivity index (χ4n) is 7.78. The van der Waals surface area contributed by atoms with Crippen LogP contribution in [0.25, 0.3) is 49.9 Å². The Bertz CT molecular complexity index is 4050. The molecule has 0 spiro atoms. The van der Waals surface area contributed by atoms with Gasteiger partial charge in [0.1, 0.15) is 17.3 Å². The van der Waals surface area contributed by atoms with Crippen LogP contribution >= 0.6 is 0 Å². The van der Waals surface area contributed by atoms with Crippen molar-refractivity contribution in [2.45, 2.75) is 66.1 Å². The van der Waals surface area contributed by atoms with E-state index in [0.717, 1.165) is 32.9 Å². The Kier molecular flexibility index (Phi) is 6.00. The maximum atomic E-state index is 9.52. The first-order valence-electron chi connectivity index (χ1n) is 28.8. The molecule has 0 radical (unpaired) electrons. The number of aromatic nitrogens is 3. The fourth-order valence-corrected chi connectivity index (χ4v) is 7.78. The molecule has 308 valence electrons. The van der Waals surface area contributed by atoms with Crippen molar-refractivity contribution < 1.29 is 28.0 Å². The number of pyridine rings is 2. The highest BCUT2D eigenvalue weighted by Gasteiger charge is 2.39. The topological polar surface area (TPSA) is 46.0 Å². The quantitative estimate of drug-likeness (QED) is 0.150. The van der Waals surface area contributed by atoms with Gasteiger partial charge in [0.05, 0.1) is 49.5 Å². The Hall–Kier alpha value is -7.40. The van der Waals surface area contributed by atoms with Gasteiger partial charge in [-0.1, -0.05) is 119 Å². The molecule has 1 aliphatic heterocycles. The second-order valence-corrected chi connectivity index (χ2v) is 17.4. The Morgan fingerprint density at radius 3 is 1.92 bits per heavy atom. The second-order valence-electron chi connectivity index (χ2n) is 17.4. The van der Waals surface area contributed by atoms with Gasteiger partial charge in [-0.15, -0.1) is 0 Å². The van der Waals surface area contributed by atoms with Crippen molar-refractivity contribution in [3.8, 4) is 39.6 Å². The van der Waals surface area contributed by atoms with E-state index in [9.17, 15) is 9.60 Å². The number of ether oxygens (including phenoxy) is 1. The summed E-state index contributed by atoms with van der Waals surface area (Å²) in [7, 11) is 0. The summed E-state index contributed by atoms with van der Waals surface area (Å²) in [6, 6.07) is 17.2. The minimum absolute atomic E-state index is 0.164. The van der Waals surface area contributed by atoms with E-state index in [1.165, 1.54) is 4.58 Å². The van der Waals surface area contributed by atoms with Gasteiger partial charge in [-0.3, -0.25) is 9.55 Å². The molecule has 63 heavy (non-hydrogen) atoms. The van der Waals surface area contributed by atoms with Crippen LogP contribution in [-0.4, -0.2) is 20.5 Å². The zero-order valence-corrected chi connectivity index (χ0v) is 35.4. The average Bonchev–Trinajstić information content (AvgIpc) is 4.01. The first-order valence-corrected chi connectivity index (χ1v) is 20.3. The van der Waals surface area contributed by atoms with Crippen molar-refractivity contribution in [2.75, 3.05) is 0 Å². The third kappa shape index (κ3) is 7.33. The monoisotopic (exact) mass is 839 g/mol. The van der Waals surface area contributed by atoms with Crippen LogP contribution in [0.4, 0.5) is 22.7 Å². The first kappa shape index (κ1) is 24.9. The van der Waals surface area contributed by atoms with Gasteiger partial charge in [-0.2, -0.15) is 0 Å². The van der Waals surface area contributed by atoms with E-state index in [1.54, 1.807) is 53.5 Å². The third-order valence-corrected chi connectivity index (χ3v) is 11.0. The minimum atomic E-state index is -3.14. The SMILES string of the molecule is [2H]c1c([2H])c(-c2c([2H])c([2H])c(C([2H])([2H])[2H])c([2H])c2[2H])c([N+]2=C=[N+](c3cc(Oc4ccc5c6ccncc6n(-c6cc(C(C)(C)C)ccn6)c5c4)cc(C(C)(C)C)c3)c3ccccc32)c(-c2c([2H])c([2H])c(C([2H])([2H])[2H])c([2H])c2[2H])c1[2H]. The standard InChI is InChI=1S/C57H51N5O/c1-37-16-20-39(21-17-37)46-12-11-13-47(40-22-18-38(2)19-23-40)55(46)61-36-60(50-14-9-10-15-51(50)61)43-30-42(57(6,7)8)31-45(33-43)63-44-24-25-48-49-27-28-58-35-53(49)62(52(48)34-44)54-32-41(26-29-59-54)56(3,4)5/h9-35H,1-8H3/q+2/i1D3,2D3,11D,12D,13D,16D,17D,18D,19D,20D,21D,22D,23D. The third-order valence-electron chi connectivity index (χ3n) is 11.0. The Balaban J connectivity index is 1.27. The summed E-state index contributed by atoms with van der Waals surface area (Å²) in [4.78, 5) is 9.26. The van der Waals surface area contributed by atoms with Gasteiger partial charge in [0.15, 0.2) is 0 Å². The summed E-state index contributed by atoms with van der Waals surface area (Å²) in [5.74, 6) is 1.55. The average molecular weight is 839 g/mol. The lowest BCUT2D eigenvalue weighted by molar-refractivity contribution is 0.479. The first-order chi connectivity index (χ1) is 37.3. The van der Waals surface area contributed by atoms with E-state index < -0.39 is 125 Å². The molecule has 10 rings (SSSR count). The molecule has 4 heterocycles. The maximum absolute atomic E-state index is 9.52. The molecular formula is C57H51N5O+2. The second kappa shape index (κ2) is 15.2. The highest BCUT2D eigenvalue weighted by atomic mass is 16.5. The summed E-state index contributed by atoms with van der Waals surface area (Å²) in [6.45, 7) is 6.18. The van der Waals surface area contributed by atoms with Gasteiger partial charge >= 0.3 is 6.01 Å². The van der Waals surface area contributed by atoms with E-state index in [0.29, 0.717) is 28.7 Å². The van der Waals surface area contributed by atoms with Gasteiger partial charge < -0.3 is 4.74 Å². The van der Waals surface area contributed by atoms with Crippen LogP contribution in [0.2, 0.25) is 0 Å². The lowest BCUT2D eigenvalue weighted by Crippen LogP contribution is -2.12. The summed E-state index contributed by atoms with van der Waals surface area (Å²) < 4.78 is 161.